The summed E-state index contributed by atoms with van der Waals surface area (Å²) in [4.78, 5) is 12.7. The molecule has 0 saturated carbocycles. The molecule has 1 aromatic carbocycles. The quantitative estimate of drug-likeness (QED) is 0.855. The van der Waals surface area contributed by atoms with E-state index >= 15 is 0 Å². The van der Waals surface area contributed by atoms with Crippen LogP contribution in [0.25, 0.3) is 11.3 Å². The zero-order chi connectivity index (χ0) is 15.9. The number of ether oxygens (including phenoxy) is 1. The summed E-state index contributed by atoms with van der Waals surface area (Å²) in [5, 5.41) is 3.30. The van der Waals surface area contributed by atoms with Crippen LogP contribution in [-0.2, 0) is 17.8 Å². The van der Waals surface area contributed by atoms with E-state index in [-0.39, 0.29) is 5.56 Å². The molecule has 22 heavy (non-hydrogen) atoms. The Bertz CT molecular complexity index is 648. The molecule has 2 rings (SSSR count). The lowest BCUT2D eigenvalue weighted by Gasteiger charge is -2.15. The predicted octanol–water partition coefficient (Wildman–Crippen LogP) is 2.66. The van der Waals surface area contributed by atoms with Crippen LogP contribution in [0.4, 0.5) is 0 Å². The van der Waals surface area contributed by atoms with Crippen molar-refractivity contribution in [3.63, 3.8) is 0 Å². The van der Waals surface area contributed by atoms with E-state index in [1.165, 1.54) is 0 Å². The van der Waals surface area contributed by atoms with Crippen LogP contribution >= 0.6 is 0 Å². The number of nitrogens with one attached hydrogen (secondary N) is 1. The Labute approximate surface area is 131 Å². The highest BCUT2D eigenvalue weighted by Gasteiger charge is 2.10. The zero-order valence-electron chi connectivity index (χ0n) is 13.5. The Balaban J connectivity index is 2.41. The monoisotopic (exact) mass is 300 g/mol. The van der Waals surface area contributed by atoms with Crippen molar-refractivity contribution in [2.24, 2.45) is 0 Å². The molecule has 1 heterocycles. The topological polar surface area (TPSA) is 43.3 Å². The van der Waals surface area contributed by atoms with Gasteiger partial charge in [-0.25, -0.2) is 0 Å². The first-order chi connectivity index (χ1) is 10.6. The maximum Gasteiger partial charge on any atom is 0.255 e. The molecular weight excluding hydrogens is 276 g/mol. The van der Waals surface area contributed by atoms with Gasteiger partial charge in [-0.2, -0.15) is 0 Å². The summed E-state index contributed by atoms with van der Waals surface area (Å²) in [6.07, 6.45) is 0. The summed E-state index contributed by atoms with van der Waals surface area (Å²) >= 11 is 0. The fraction of sp³-hybridized carbons (Fsp3) is 0.389. The third kappa shape index (κ3) is 4.06. The van der Waals surface area contributed by atoms with E-state index in [9.17, 15) is 4.79 Å². The van der Waals surface area contributed by atoms with Crippen LogP contribution in [0.3, 0.4) is 0 Å². The Morgan fingerprint density at radius 1 is 1.14 bits per heavy atom. The van der Waals surface area contributed by atoms with Crippen LogP contribution < -0.4 is 10.9 Å². The van der Waals surface area contributed by atoms with E-state index in [0.29, 0.717) is 25.7 Å². The number of hydrogen-bond donors (Lipinski definition) is 1. The summed E-state index contributed by atoms with van der Waals surface area (Å²) in [6, 6.07) is 14.3. The van der Waals surface area contributed by atoms with Crippen molar-refractivity contribution in [2.75, 3.05) is 13.7 Å². The predicted molar refractivity (Wildman–Crippen MR) is 90.0 cm³/mol. The molecular formula is C18H24N2O2. The highest BCUT2D eigenvalue weighted by Crippen LogP contribution is 2.18. The fourth-order valence-electron chi connectivity index (χ4n) is 2.34. The van der Waals surface area contributed by atoms with Gasteiger partial charge in [-0.1, -0.05) is 50.2 Å². The van der Waals surface area contributed by atoms with Crippen molar-refractivity contribution >= 4 is 0 Å². The summed E-state index contributed by atoms with van der Waals surface area (Å²) in [6.45, 7) is 5.79. The van der Waals surface area contributed by atoms with Crippen molar-refractivity contribution in [1.82, 2.24) is 9.88 Å². The minimum atomic E-state index is 0.0477. The number of hydrogen-bond acceptors (Lipinski definition) is 3. The van der Waals surface area contributed by atoms with Crippen molar-refractivity contribution in [2.45, 2.75) is 33.0 Å². The van der Waals surface area contributed by atoms with Gasteiger partial charge in [-0.3, -0.25) is 4.79 Å². The normalized spacial score (nSPS) is 11.1. The summed E-state index contributed by atoms with van der Waals surface area (Å²) in [5.41, 5.74) is 2.80. The number of methoxy groups -OCH3 is 1. The van der Waals surface area contributed by atoms with Gasteiger partial charge in [0.05, 0.1) is 12.3 Å². The molecule has 0 fully saturated rings. The molecule has 0 radical (unpaired) electrons. The first-order valence-electron chi connectivity index (χ1n) is 7.64. The van der Waals surface area contributed by atoms with E-state index in [0.717, 1.165) is 16.8 Å². The van der Waals surface area contributed by atoms with Gasteiger partial charge >= 0.3 is 0 Å². The van der Waals surface area contributed by atoms with Crippen LogP contribution in [0.2, 0.25) is 0 Å². The molecule has 4 heteroatoms. The van der Waals surface area contributed by atoms with Gasteiger partial charge in [0.1, 0.15) is 0 Å². The first kappa shape index (κ1) is 16.5. The van der Waals surface area contributed by atoms with E-state index in [2.05, 4.69) is 19.2 Å². The van der Waals surface area contributed by atoms with Gasteiger partial charge in [0, 0.05) is 31.8 Å². The minimum Gasteiger partial charge on any atom is -0.383 e. The molecule has 0 aliphatic carbocycles. The van der Waals surface area contributed by atoms with Crippen molar-refractivity contribution in [1.29, 1.82) is 0 Å². The maximum atomic E-state index is 12.7. The second kappa shape index (κ2) is 7.92. The van der Waals surface area contributed by atoms with Crippen LogP contribution in [0.1, 0.15) is 19.4 Å². The molecule has 4 nitrogen and oxygen atoms in total. The molecule has 0 bridgehead atoms. The average Bonchev–Trinajstić information content (AvgIpc) is 2.53. The van der Waals surface area contributed by atoms with Gasteiger partial charge in [0.15, 0.2) is 0 Å². The molecule has 0 aliphatic rings. The molecule has 118 valence electrons. The lowest BCUT2D eigenvalue weighted by Crippen LogP contribution is -2.31. The van der Waals surface area contributed by atoms with Crippen LogP contribution in [0, 0.1) is 0 Å². The summed E-state index contributed by atoms with van der Waals surface area (Å²) in [7, 11) is 1.65. The molecule has 0 saturated heterocycles. The molecule has 1 N–H and O–H groups in total. The maximum absolute atomic E-state index is 12.7. The van der Waals surface area contributed by atoms with E-state index < -0.39 is 0 Å². The average molecular weight is 300 g/mol. The second-order valence-corrected chi connectivity index (χ2v) is 5.60. The molecule has 0 atom stereocenters. The van der Waals surface area contributed by atoms with Crippen molar-refractivity contribution < 1.29 is 4.74 Å². The smallest absolute Gasteiger partial charge is 0.255 e. The van der Waals surface area contributed by atoms with Gasteiger partial charge in [0.2, 0.25) is 0 Å². The van der Waals surface area contributed by atoms with Crippen molar-refractivity contribution in [3.05, 3.63) is 58.4 Å². The largest absolute Gasteiger partial charge is 0.383 e. The SMILES string of the molecule is COCCn1c(-c2ccccc2)ccc(CNC(C)C)c1=O. The van der Waals surface area contributed by atoms with Gasteiger partial charge in [-0.05, 0) is 11.6 Å². The van der Waals surface area contributed by atoms with Gasteiger partial charge in [0.25, 0.3) is 5.56 Å². The van der Waals surface area contributed by atoms with E-state index in [1.54, 1.807) is 11.7 Å². The summed E-state index contributed by atoms with van der Waals surface area (Å²) < 4.78 is 6.96. The Morgan fingerprint density at radius 2 is 1.86 bits per heavy atom. The minimum absolute atomic E-state index is 0.0477. The van der Waals surface area contributed by atoms with Gasteiger partial charge in [-0.15, -0.1) is 0 Å². The Kier molecular flexibility index (Phi) is 5.92. The molecule has 0 amide bonds. The van der Waals surface area contributed by atoms with Crippen molar-refractivity contribution in [3.8, 4) is 11.3 Å². The van der Waals surface area contributed by atoms with E-state index in [1.807, 2.05) is 42.5 Å². The molecule has 0 unspecified atom stereocenters. The Morgan fingerprint density at radius 3 is 2.50 bits per heavy atom. The number of pyridine rings is 1. The lowest BCUT2D eigenvalue weighted by atomic mass is 10.1. The number of benzene rings is 1. The highest BCUT2D eigenvalue weighted by molar-refractivity contribution is 5.59. The molecule has 1 aromatic heterocycles. The first-order valence-corrected chi connectivity index (χ1v) is 7.64. The number of aromatic nitrogens is 1. The number of rotatable bonds is 7. The third-order valence-electron chi connectivity index (χ3n) is 3.54. The standard InChI is InChI=1S/C18H24N2O2/c1-14(2)19-13-16-9-10-17(15-7-5-4-6-8-15)20(18(16)21)11-12-22-3/h4-10,14,19H,11-13H2,1-3H3. The molecule has 2 aromatic rings. The van der Waals surface area contributed by atoms with E-state index in [4.69, 9.17) is 4.74 Å². The highest BCUT2D eigenvalue weighted by atomic mass is 16.5. The Hall–Kier alpha value is -1.91. The van der Waals surface area contributed by atoms with Crippen LogP contribution in [0.5, 0.6) is 0 Å². The van der Waals surface area contributed by atoms with Crippen LogP contribution in [0.15, 0.2) is 47.3 Å². The third-order valence-corrected chi connectivity index (χ3v) is 3.54. The molecule has 0 spiro atoms. The lowest BCUT2D eigenvalue weighted by molar-refractivity contribution is 0.186. The molecule has 0 aliphatic heterocycles. The summed E-state index contributed by atoms with van der Waals surface area (Å²) in [5.74, 6) is 0. The number of nitrogens with zero attached hydrogens (tertiary/aromatic N) is 1. The second-order valence-electron chi connectivity index (χ2n) is 5.60. The van der Waals surface area contributed by atoms with Crippen LogP contribution in [-0.4, -0.2) is 24.3 Å². The fourth-order valence-corrected chi connectivity index (χ4v) is 2.34. The zero-order valence-corrected chi connectivity index (χ0v) is 13.5. The van der Waals surface area contributed by atoms with Gasteiger partial charge < -0.3 is 14.6 Å².